The van der Waals surface area contributed by atoms with E-state index < -0.39 is 0 Å². The summed E-state index contributed by atoms with van der Waals surface area (Å²) in [6.07, 6.45) is 0.884. The monoisotopic (exact) mass is 283 g/mol. The van der Waals surface area contributed by atoms with E-state index in [-0.39, 0.29) is 17.8 Å². The molecule has 0 radical (unpaired) electrons. The standard InChI is InChI=1S/C14H19ClFN3/c1-3-17-14(18-4-2)19-12-8-9(12)13-10(15)6-5-7-11(13)16/h5-7,9,12H,3-4,8H2,1-2H3,(H2,17,18,19). The molecule has 0 heterocycles. The molecule has 1 aliphatic carbocycles. The van der Waals surface area contributed by atoms with Gasteiger partial charge >= 0.3 is 0 Å². The summed E-state index contributed by atoms with van der Waals surface area (Å²) in [6.45, 7) is 5.53. The van der Waals surface area contributed by atoms with Crippen LogP contribution in [-0.4, -0.2) is 25.1 Å². The van der Waals surface area contributed by atoms with Crippen LogP contribution in [0.5, 0.6) is 0 Å². The van der Waals surface area contributed by atoms with Crippen LogP contribution in [0.2, 0.25) is 5.02 Å². The van der Waals surface area contributed by atoms with Gasteiger partial charge in [-0.3, -0.25) is 4.99 Å². The van der Waals surface area contributed by atoms with Gasteiger partial charge in [0.05, 0.1) is 0 Å². The van der Waals surface area contributed by atoms with E-state index in [1.54, 1.807) is 12.1 Å². The lowest BCUT2D eigenvalue weighted by molar-refractivity contribution is 0.608. The molecule has 0 aliphatic heterocycles. The lowest BCUT2D eigenvalue weighted by Gasteiger charge is -2.11. The van der Waals surface area contributed by atoms with Crippen molar-refractivity contribution < 1.29 is 4.39 Å². The maximum Gasteiger partial charge on any atom is 0.191 e. The molecule has 0 bridgehead atoms. The first-order chi connectivity index (χ1) is 9.17. The van der Waals surface area contributed by atoms with Gasteiger partial charge in [0.25, 0.3) is 0 Å². The van der Waals surface area contributed by atoms with E-state index in [9.17, 15) is 4.39 Å². The molecule has 2 N–H and O–H groups in total. The molecule has 0 aromatic heterocycles. The third kappa shape index (κ3) is 3.38. The number of guanidine groups is 1. The van der Waals surface area contributed by atoms with E-state index in [4.69, 9.17) is 11.6 Å². The van der Waals surface area contributed by atoms with Crippen molar-refractivity contribution >= 4 is 17.6 Å². The Kier molecular flexibility index (Phi) is 4.64. The van der Waals surface area contributed by atoms with Crippen LogP contribution < -0.4 is 10.6 Å². The van der Waals surface area contributed by atoms with E-state index in [0.717, 1.165) is 18.9 Å². The van der Waals surface area contributed by atoms with Crippen molar-refractivity contribution in [2.24, 2.45) is 4.99 Å². The van der Waals surface area contributed by atoms with Gasteiger partial charge in [-0.15, -0.1) is 0 Å². The van der Waals surface area contributed by atoms with E-state index in [1.165, 1.54) is 6.07 Å². The average molecular weight is 284 g/mol. The minimum Gasteiger partial charge on any atom is -0.357 e. The van der Waals surface area contributed by atoms with Gasteiger partial charge in [-0.25, -0.2) is 4.39 Å². The third-order valence-electron chi connectivity index (χ3n) is 3.14. The molecule has 2 unspecified atom stereocenters. The smallest absolute Gasteiger partial charge is 0.191 e. The lowest BCUT2D eigenvalue weighted by Crippen LogP contribution is -2.39. The number of hydrogen-bond donors (Lipinski definition) is 2. The second-order valence-electron chi connectivity index (χ2n) is 4.58. The highest BCUT2D eigenvalue weighted by Crippen LogP contribution is 2.44. The molecule has 0 spiro atoms. The zero-order valence-electron chi connectivity index (χ0n) is 11.2. The molecule has 19 heavy (non-hydrogen) atoms. The van der Waals surface area contributed by atoms with Crippen LogP contribution in [0, 0.1) is 5.82 Å². The zero-order valence-corrected chi connectivity index (χ0v) is 12.0. The molecule has 104 valence electrons. The third-order valence-corrected chi connectivity index (χ3v) is 3.47. The van der Waals surface area contributed by atoms with Crippen LogP contribution in [0.3, 0.4) is 0 Å². The van der Waals surface area contributed by atoms with Gasteiger partial charge in [0, 0.05) is 35.6 Å². The minimum absolute atomic E-state index is 0.134. The van der Waals surface area contributed by atoms with Gasteiger partial charge < -0.3 is 10.6 Å². The highest BCUT2D eigenvalue weighted by molar-refractivity contribution is 6.31. The summed E-state index contributed by atoms with van der Waals surface area (Å²) < 4.78 is 13.8. The van der Waals surface area contributed by atoms with Crippen molar-refractivity contribution in [3.8, 4) is 0 Å². The second-order valence-corrected chi connectivity index (χ2v) is 4.99. The first-order valence-corrected chi connectivity index (χ1v) is 7.03. The predicted octanol–water partition coefficient (Wildman–Crippen LogP) is 2.91. The van der Waals surface area contributed by atoms with Crippen LogP contribution >= 0.6 is 11.6 Å². The molecule has 1 fully saturated rings. The number of halogens is 2. The summed E-state index contributed by atoms with van der Waals surface area (Å²) >= 11 is 6.08. The SMILES string of the molecule is CCN=C(NCC)NC1CC1c1c(F)cccc1Cl. The van der Waals surface area contributed by atoms with Gasteiger partial charge in [0.1, 0.15) is 5.82 Å². The fourth-order valence-electron chi connectivity index (χ4n) is 2.19. The topological polar surface area (TPSA) is 36.4 Å². The van der Waals surface area contributed by atoms with Crippen LogP contribution in [0.15, 0.2) is 23.2 Å². The molecular formula is C14H19ClFN3. The van der Waals surface area contributed by atoms with Crippen molar-refractivity contribution in [1.29, 1.82) is 0 Å². The van der Waals surface area contributed by atoms with Gasteiger partial charge in [0.2, 0.25) is 0 Å². The number of nitrogens with zero attached hydrogens (tertiary/aromatic N) is 1. The fraction of sp³-hybridized carbons (Fsp3) is 0.500. The molecule has 1 aliphatic rings. The zero-order chi connectivity index (χ0) is 13.8. The average Bonchev–Trinajstić information content (AvgIpc) is 3.08. The Balaban J connectivity index is 2.03. The Morgan fingerprint density at radius 3 is 2.89 bits per heavy atom. The molecular weight excluding hydrogens is 265 g/mol. The van der Waals surface area contributed by atoms with Crippen LogP contribution in [0.25, 0.3) is 0 Å². The quantitative estimate of drug-likeness (QED) is 0.658. The molecule has 0 amide bonds. The maximum atomic E-state index is 13.8. The van der Waals surface area contributed by atoms with Crippen LogP contribution in [-0.2, 0) is 0 Å². The highest BCUT2D eigenvalue weighted by Gasteiger charge is 2.41. The first kappa shape index (κ1) is 14.1. The van der Waals surface area contributed by atoms with Crippen LogP contribution in [0.1, 0.15) is 31.7 Å². The lowest BCUT2D eigenvalue weighted by atomic mass is 10.1. The second kappa shape index (κ2) is 6.24. The van der Waals surface area contributed by atoms with Gasteiger partial charge in [0.15, 0.2) is 5.96 Å². The molecule has 1 aromatic rings. The summed E-state index contributed by atoms with van der Waals surface area (Å²) in [7, 11) is 0. The van der Waals surface area contributed by atoms with Gasteiger partial charge in [-0.1, -0.05) is 17.7 Å². The van der Waals surface area contributed by atoms with E-state index in [0.29, 0.717) is 17.1 Å². The van der Waals surface area contributed by atoms with E-state index in [2.05, 4.69) is 15.6 Å². The summed E-state index contributed by atoms with van der Waals surface area (Å²) in [5, 5.41) is 6.98. The van der Waals surface area contributed by atoms with Gasteiger partial charge in [-0.05, 0) is 32.4 Å². The van der Waals surface area contributed by atoms with Crippen LogP contribution in [0.4, 0.5) is 4.39 Å². The van der Waals surface area contributed by atoms with Gasteiger partial charge in [-0.2, -0.15) is 0 Å². The summed E-state index contributed by atoms with van der Waals surface area (Å²) in [5.41, 5.74) is 0.619. The maximum absolute atomic E-state index is 13.8. The van der Waals surface area contributed by atoms with Crippen molar-refractivity contribution in [2.75, 3.05) is 13.1 Å². The molecule has 2 rings (SSSR count). The molecule has 1 aromatic carbocycles. The molecule has 3 nitrogen and oxygen atoms in total. The number of aliphatic imine (C=N–C) groups is 1. The normalized spacial score (nSPS) is 22.2. The summed E-state index contributed by atoms with van der Waals surface area (Å²) in [6, 6.07) is 5.04. The fourth-order valence-corrected chi connectivity index (χ4v) is 2.50. The number of rotatable bonds is 4. The Labute approximate surface area is 118 Å². The van der Waals surface area contributed by atoms with Crippen molar-refractivity contribution in [3.63, 3.8) is 0 Å². The predicted molar refractivity (Wildman–Crippen MR) is 77.3 cm³/mol. The Morgan fingerprint density at radius 2 is 2.26 bits per heavy atom. The molecule has 1 saturated carbocycles. The summed E-state index contributed by atoms with van der Waals surface area (Å²) in [5.74, 6) is 0.693. The number of benzene rings is 1. The van der Waals surface area contributed by atoms with Crippen molar-refractivity contribution in [1.82, 2.24) is 10.6 Å². The Hall–Kier alpha value is -1.29. The van der Waals surface area contributed by atoms with Crippen molar-refractivity contribution in [2.45, 2.75) is 32.2 Å². The number of hydrogen-bond acceptors (Lipinski definition) is 1. The summed E-state index contributed by atoms with van der Waals surface area (Å²) in [4.78, 5) is 4.33. The highest BCUT2D eigenvalue weighted by atomic mass is 35.5. The Morgan fingerprint density at radius 1 is 1.47 bits per heavy atom. The first-order valence-electron chi connectivity index (χ1n) is 6.66. The van der Waals surface area contributed by atoms with E-state index >= 15 is 0 Å². The van der Waals surface area contributed by atoms with E-state index in [1.807, 2.05) is 13.8 Å². The molecule has 2 atom stereocenters. The number of nitrogens with one attached hydrogen (secondary N) is 2. The largest absolute Gasteiger partial charge is 0.357 e. The molecule has 5 heteroatoms. The van der Waals surface area contributed by atoms with Crippen molar-refractivity contribution in [3.05, 3.63) is 34.6 Å². The molecule has 0 saturated heterocycles. The minimum atomic E-state index is -0.223. The Bertz CT molecular complexity index is 456.